The third kappa shape index (κ3) is 2.04. The average molecular weight is 239 g/mol. The van der Waals surface area contributed by atoms with Gasteiger partial charge in [-0.25, -0.2) is 9.78 Å². The lowest BCUT2D eigenvalue weighted by Crippen LogP contribution is -2.14. The number of aromatic carboxylic acids is 1. The normalized spacial score (nSPS) is 16.5. The van der Waals surface area contributed by atoms with E-state index in [4.69, 9.17) is 12.0 Å². The molecule has 0 bridgehead atoms. The Morgan fingerprint density at radius 2 is 2.18 bits per heavy atom. The highest BCUT2D eigenvalue weighted by Crippen LogP contribution is 2.20. The standard InChI is InChI=1S/C12H11FN2O2/c1-8(9-5-3-2-4-6-9)15-7-14-11(13)10(15)12(16)17/h2-8H,1H3,(H,16,17)/t8-/m1/s1/i2D,3D,4D,5D,6D. The summed E-state index contributed by atoms with van der Waals surface area (Å²) in [6.07, 6.45) is 0.921. The Labute approximate surface area is 104 Å². The highest BCUT2D eigenvalue weighted by atomic mass is 19.1. The summed E-state index contributed by atoms with van der Waals surface area (Å²) >= 11 is 0. The quantitative estimate of drug-likeness (QED) is 0.894. The van der Waals surface area contributed by atoms with Crippen molar-refractivity contribution in [2.75, 3.05) is 0 Å². The van der Waals surface area contributed by atoms with Gasteiger partial charge in [-0.3, -0.25) is 0 Å². The molecule has 4 nitrogen and oxygen atoms in total. The van der Waals surface area contributed by atoms with Crippen LogP contribution in [0.1, 0.15) is 35.9 Å². The molecule has 0 saturated heterocycles. The van der Waals surface area contributed by atoms with Gasteiger partial charge in [0.1, 0.15) is 0 Å². The molecule has 0 aliphatic rings. The summed E-state index contributed by atoms with van der Waals surface area (Å²) in [6.45, 7) is 1.40. The Morgan fingerprint density at radius 3 is 2.76 bits per heavy atom. The number of hydrogen-bond acceptors (Lipinski definition) is 2. The second-order valence-electron chi connectivity index (χ2n) is 3.31. The van der Waals surface area contributed by atoms with E-state index in [2.05, 4.69) is 4.98 Å². The van der Waals surface area contributed by atoms with E-state index < -0.39 is 53.9 Å². The molecule has 2 aromatic rings. The molecule has 0 unspecified atom stereocenters. The molecular formula is C12H11FN2O2. The second kappa shape index (κ2) is 4.37. The van der Waals surface area contributed by atoms with Crippen LogP contribution in [0.5, 0.6) is 0 Å². The average Bonchev–Trinajstić information content (AvgIpc) is 2.85. The molecule has 0 aliphatic carbocycles. The van der Waals surface area contributed by atoms with E-state index in [1.165, 1.54) is 6.92 Å². The molecule has 17 heavy (non-hydrogen) atoms. The first-order valence-corrected chi connectivity index (χ1v) is 4.70. The lowest BCUT2D eigenvalue weighted by atomic mass is 10.1. The Hall–Kier alpha value is -2.17. The predicted octanol–water partition coefficient (Wildman–Crippen LogP) is 2.33. The van der Waals surface area contributed by atoms with E-state index in [0.717, 1.165) is 10.9 Å². The maximum Gasteiger partial charge on any atom is 0.357 e. The van der Waals surface area contributed by atoms with Crippen LogP contribution in [0.4, 0.5) is 4.39 Å². The van der Waals surface area contributed by atoms with Gasteiger partial charge >= 0.3 is 5.97 Å². The van der Waals surface area contributed by atoms with Crippen molar-refractivity contribution in [2.45, 2.75) is 13.0 Å². The van der Waals surface area contributed by atoms with E-state index in [-0.39, 0.29) is 5.56 Å². The Kier molecular flexibility index (Phi) is 1.68. The summed E-state index contributed by atoms with van der Waals surface area (Å²) in [5.41, 5.74) is -0.870. The van der Waals surface area contributed by atoms with Crippen LogP contribution in [-0.4, -0.2) is 20.6 Å². The van der Waals surface area contributed by atoms with Crippen LogP contribution in [-0.2, 0) is 0 Å². The Bertz CT molecular complexity index is 748. The largest absolute Gasteiger partial charge is 0.476 e. The molecular weight excluding hydrogens is 223 g/mol. The summed E-state index contributed by atoms with van der Waals surface area (Å²) in [5.74, 6) is -2.76. The van der Waals surface area contributed by atoms with E-state index in [1.54, 1.807) is 0 Å². The molecule has 1 aromatic carbocycles. The number of carboxylic acids is 1. The van der Waals surface area contributed by atoms with Crippen LogP contribution in [0.3, 0.4) is 0 Å². The highest BCUT2D eigenvalue weighted by Gasteiger charge is 2.21. The zero-order chi connectivity index (χ0) is 16.8. The molecule has 1 heterocycles. The van der Waals surface area contributed by atoms with Crippen LogP contribution in [0.25, 0.3) is 0 Å². The third-order valence-electron chi connectivity index (χ3n) is 2.31. The third-order valence-corrected chi connectivity index (χ3v) is 2.31. The van der Waals surface area contributed by atoms with Gasteiger partial charge < -0.3 is 9.67 Å². The second-order valence-corrected chi connectivity index (χ2v) is 3.31. The summed E-state index contributed by atoms with van der Waals surface area (Å²) in [5, 5.41) is 9.02. The summed E-state index contributed by atoms with van der Waals surface area (Å²) in [6, 6.07) is -3.58. The van der Waals surface area contributed by atoms with Crippen LogP contribution in [0.15, 0.2) is 36.5 Å². The van der Waals surface area contributed by atoms with Crippen LogP contribution < -0.4 is 0 Å². The molecule has 0 amide bonds. The molecule has 2 rings (SSSR count). The van der Waals surface area contributed by atoms with Crippen molar-refractivity contribution >= 4 is 5.97 Å². The van der Waals surface area contributed by atoms with Gasteiger partial charge in [0.05, 0.1) is 19.2 Å². The van der Waals surface area contributed by atoms with Crippen molar-refractivity contribution in [3.05, 3.63) is 53.7 Å². The predicted molar refractivity (Wildman–Crippen MR) is 59.4 cm³/mol. The fraction of sp³-hybridized carbons (Fsp3) is 0.167. The summed E-state index contributed by atoms with van der Waals surface area (Å²) < 4.78 is 52.8. The van der Waals surface area contributed by atoms with Crippen molar-refractivity contribution < 1.29 is 21.1 Å². The van der Waals surface area contributed by atoms with Crippen LogP contribution in [0.2, 0.25) is 0 Å². The van der Waals surface area contributed by atoms with Crippen molar-refractivity contribution in [2.24, 2.45) is 0 Å². The SMILES string of the molecule is [2H]c1c([2H])c([2H])c([C@@H](C)n2cnc(F)c2C(=O)O)c([2H])c1[2H]. The molecule has 1 atom stereocenters. The summed E-state index contributed by atoms with van der Waals surface area (Å²) in [7, 11) is 0. The van der Waals surface area contributed by atoms with Crippen LogP contribution >= 0.6 is 0 Å². The zero-order valence-electron chi connectivity index (χ0n) is 13.8. The van der Waals surface area contributed by atoms with Gasteiger partial charge in [0.25, 0.3) is 0 Å². The first-order chi connectivity index (χ1) is 10.2. The number of aromatic nitrogens is 2. The Morgan fingerprint density at radius 1 is 1.53 bits per heavy atom. The van der Waals surface area contributed by atoms with Gasteiger partial charge in [0.15, 0.2) is 5.69 Å². The minimum atomic E-state index is -1.56. The molecule has 0 radical (unpaired) electrons. The maximum atomic E-state index is 13.5. The molecule has 0 saturated carbocycles. The molecule has 1 aromatic heterocycles. The van der Waals surface area contributed by atoms with E-state index in [1.807, 2.05) is 0 Å². The molecule has 1 N–H and O–H groups in total. The zero-order valence-corrected chi connectivity index (χ0v) is 8.78. The minimum Gasteiger partial charge on any atom is -0.476 e. The number of carboxylic acid groups (broad SMARTS) is 1. The number of benzene rings is 1. The summed E-state index contributed by atoms with van der Waals surface area (Å²) in [4.78, 5) is 14.4. The highest BCUT2D eigenvalue weighted by molar-refractivity contribution is 5.85. The Balaban J connectivity index is 2.71. The van der Waals surface area contributed by atoms with Gasteiger partial charge in [-0.05, 0) is 12.5 Å². The van der Waals surface area contributed by atoms with E-state index >= 15 is 0 Å². The van der Waals surface area contributed by atoms with Crippen molar-refractivity contribution in [1.82, 2.24) is 9.55 Å². The smallest absolute Gasteiger partial charge is 0.357 e. The van der Waals surface area contributed by atoms with Gasteiger partial charge in [0.2, 0.25) is 5.95 Å². The molecule has 0 aliphatic heterocycles. The van der Waals surface area contributed by atoms with Gasteiger partial charge in [-0.2, -0.15) is 4.39 Å². The number of imidazole rings is 1. The van der Waals surface area contributed by atoms with Crippen molar-refractivity contribution in [1.29, 1.82) is 0 Å². The van der Waals surface area contributed by atoms with Gasteiger partial charge in [0, 0.05) is 0 Å². The van der Waals surface area contributed by atoms with E-state index in [0.29, 0.717) is 0 Å². The number of rotatable bonds is 3. The number of hydrogen-bond donors (Lipinski definition) is 1. The monoisotopic (exact) mass is 239 g/mol. The van der Waals surface area contributed by atoms with Crippen molar-refractivity contribution in [3.8, 4) is 0 Å². The first-order valence-electron chi connectivity index (χ1n) is 7.20. The molecule has 0 fully saturated rings. The van der Waals surface area contributed by atoms with Gasteiger partial charge in [-0.1, -0.05) is 30.2 Å². The maximum absolute atomic E-state index is 13.5. The first kappa shape index (κ1) is 6.54. The number of halogens is 1. The molecule has 88 valence electrons. The topological polar surface area (TPSA) is 55.1 Å². The fourth-order valence-corrected chi connectivity index (χ4v) is 1.44. The fourth-order valence-electron chi connectivity index (χ4n) is 1.44. The van der Waals surface area contributed by atoms with E-state index in [9.17, 15) is 9.18 Å². The van der Waals surface area contributed by atoms with Crippen LogP contribution in [0, 0.1) is 5.95 Å². The minimum absolute atomic E-state index is 0.133. The number of nitrogens with zero attached hydrogens (tertiary/aromatic N) is 2. The van der Waals surface area contributed by atoms with Gasteiger partial charge in [-0.15, -0.1) is 0 Å². The lowest BCUT2D eigenvalue weighted by Gasteiger charge is -2.15. The lowest BCUT2D eigenvalue weighted by molar-refractivity contribution is 0.0678. The molecule has 0 spiro atoms. The molecule has 5 heteroatoms. The number of carbonyl (C=O) groups is 1. The van der Waals surface area contributed by atoms with Crippen molar-refractivity contribution in [3.63, 3.8) is 0 Å².